The second-order valence-electron chi connectivity index (χ2n) is 22.7. The molecule has 6 aromatic carbocycles. The van der Waals surface area contributed by atoms with Gasteiger partial charge in [0.15, 0.2) is 11.4 Å². The maximum atomic E-state index is 11.5. The van der Waals surface area contributed by atoms with E-state index in [-0.39, 0.29) is 23.8 Å². The molecule has 0 N–H and O–H groups in total. The third-order valence-corrected chi connectivity index (χ3v) is 16.8. The van der Waals surface area contributed by atoms with Crippen LogP contribution in [0.3, 0.4) is 0 Å². The number of nitriles is 1. The average Bonchev–Trinajstić information content (AvgIpc) is 1.33. The highest BCUT2D eigenvalue weighted by atomic mass is 35.5. The van der Waals surface area contributed by atoms with Gasteiger partial charge in [0.05, 0.1) is 98.1 Å². The number of Topliss-reactive ketones (excluding diaryl/α,β-unsaturated/α-hetero) is 3. The van der Waals surface area contributed by atoms with E-state index in [0.29, 0.717) is 44.8 Å². The fourth-order valence-corrected chi connectivity index (χ4v) is 12.0. The van der Waals surface area contributed by atoms with Crippen LogP contribution in [-0.4, -0.2) is 126 Å². The van der Waals surface area contributed by atoms with E-state index in [2.05, 4.69) is 48.7 Å². The molecule has 456 valence electrons. The van der Waals surface area contributed by atoms with E-state index in [1.54, 1.807) is 19.9 Å². The number of halogens is 3. The second kappa shape index (κ2) is 30.4. The molecule has 6 heterocycles. The minimum Gasteiger partial charge on any atom is -0.379 e. The van der Waals surface area contributed by atoms with Crippen molar-refractivity contribution in [1.29, 1.82) is 5.26 Å². The minimum atomic E-state index is 0.0209. The number of ketones is 3. The molecular formula is C72H66Cl3N9O6. The number of pyridine rings is 3. The van der Waals surface area contributed by atoms with E-state index in [1.807, 2.05) is 103 Å². The lowest BCUT2D eigenvalue weighted by Gasteiger charge is -2.27. The summed E-state index contributed by atoms with van der Waals surface area (Å²) in [6.07, 6.45) is 0.897. The Hall–Kier alpha value is -8.34. The molecule has 0 bridgehead atoms. The van der Waals surface area contributed by atoms with Crippen LogP contribution in [-0.2, 0) is 67.5 Å². The first kappa shape index (κ1) is 64.6. The van der Waals surface area contributed by atoms with Crippen molar-refractivity contribution in [1.82, 2.24) is 29.7 Å². The predicted molar refractivity (Wildman–Crippen MR) is 355 cm³/mol. The Labute approximate surface area is 539 Å². The summed E-state index contributed by atoms with van der Waals surface area (Å²) in [5.74, 6) is 0.187. The number of hydrogen-bond acceptors (Lipinski definition) is 13. The van der Waals surface area contributed by atoms with Crippen molar-refractivity contribution < 1.29 is 28.6 Å². The second-order valence-corrected chi connectivity index (χ2v) is 23.9. The molecule has 18 heteroatoms. The lowest BCUT2D eigenvalue weighted by molar-refractivity contribution is -0.117. The van der Waals surface area contributed by atoms with Crippen LogP contribution in [0.5, 0.6) is 0 Å². The van der Waals surface area contributed by atoms with Gasteiger partial charge in [-0.05, 0) is 115 Å². The van der Waals surface area contributed by atoms with E-state index >= 15 is 0 Å². The Kier molecular flexibility index (Phi) is 21.9. The van der Waals surface area contributed by atoms with Gasteiger partial charge in [0.1, 0.15) is 17.3 Å². The number of fused-ring (bicyclic) bond motifs is 3. The number of hydrogen-bond donors (Lipinski definition) is 0. The van der Waals surface area contributed by atoms with Crippen LogP contribution in [0.2, 0.25) is 15.1 Å². The standard InChI is InChI=1S/C25H22N4O2.C24H22ClN3O2.C23H22Cl2N2O2/c1-17(30)11-18-3-4-19(12-20(18)15-26)24-13-21(16-29-7-9-31-10-8-29)23-6-5-22(27-2)14-25(23)28-24;1-16(29)11-17-3-4-18(12-22(17)25)23-13-19(15-28-7-9-30-10-8-28)21-6-5-20(26-2)14-24(21)27-23;1-15(28)10-16-2-3-17(11-21(16)25)22-12-18(14-27-6-8-29-9-7-27)20-5-4-19(24)13-23(20)26-22/h3-6,12-14H,7-11,16H2,1H3;3-6,12-14H,7-11,15H2,1H3;2-5,11-13H,6-10,14H2,1H3. The summed E-state index contributed by atoms with van der Waals surface area (Å²) in [6, 6.07) is 42.6. The first-order chi connectivity index (χ1) is 43.6. The molecule has 90 heavy (non-hydrogen) atoms. The van der Waals surface area contributed by atoms with E-state index < -0.39 is 0 Å². The third kappa shape index (κ3) is 16.7. The Morgan fingerprint density at radius 1 is 0.456 bits per heavy atom. The average molecular weight is 1260 g/mol. The molecule has 0 saturated carbocycles. The molecule has 15 nitrogen and oxygen atoms in total. The Bertz CT molecular complexity index is 4310. The largest absolute Gasteiger partial charge is 0.379 e. The lowest BCUT2D eigenvalue weighted by atomic mass is 9.97. The van der Waals surface area contributed by atoms with Crippen molar-refractivity contribution >= 4 is 96.2 Å². The Morgan fingerprint density at radius 3 is 1.16 bits per heavy atom. The van der Waals surface area contributed by atoms with E-state index in [9.17, 15) is 19.6 Å². The van der Waals surface area contributed by atoms with Gasteiger partial charge in [-0.1, -0.05) is 102 Å². The molecule has 0 amide bonds. The van der Waals surface area contributed by atoms with Gasteiger partial charge in [-0.3, -0.25) is 29.1 Å². The van der Waals surface area contributed by atoms with Gasteiger partial charge in [-0.25, -0.2) is 24.6 Å². The molecule has 9 aromatic rings. The number of benzene rings is 6. The van der Waals surface area contributed by atoms with E-state index in [0.717, 1.165) is 193 Å². The van der Waals surface area contributed by atoms with Gasteiger partial charge in [0, 0.05) is 126 Å². The van der Waals surface area contributed by atoms with Crippen LogP contribution in [0, 0.1) is 24.5 Å². The summed E-state index contributed by atoms with van der Waals surface area (Å²) in [7, 11) is 0. The quantitative estimate of drug-likeness (QED) is 0.0893. The van der Waals surface area contributed by atoms with Crippen molar-refractivity contribution in [3.8, 4) is 39.8 Å². The normalized spacial score (nSPS) is 14.6. The van der Waals surface area contributed by atoms with Crippen LogP contribution in [0.4, 0.5) is 11.4 Å². The molecule has 3 aliphatic rings. The summed E-state index contributed by atoms with van der Waals surface area (Å²) >= 11 is 19.1. The maximum Gasteiger partial charge on any atom is 0.189 e. The first-order valence-corrected chi connectivity index (χ1v) is 30.9. The minimum absolute atomic E-state index is 0.0209. The highest BCUT2D eigenvalue weighted by Gasteiger charge is 2.20. The number of rotatable bonds is 15. The van der Waals surface area contributed by atoms with Crippen LogP contribution >= 0.6 is 34.8 Å². The van der Waals surface area contributed by atoms with Gasteiger partial charge in [-0.15, -0.1) is 0 Å². The van der Waals surface area contributed by atoms with E-state index in [1.165, 1.54) is 12.5 Å². The smallest absolute Gasteiger partial charge is 0.189 e. The molecule has 0 atom stereocenters. The number of ether oxygens (including phenoxy) is 3. The fraction of sp³-hybridized carbons (Fsp3) is 0.292. The summed E-state index contributed by atoms with van der Waals surface area (Å²) in [4.78, 5) is 63.1. The summed E-state index contributed by atoms with van der Waals surface area (Å²) in [5, 5.41) is 14.6. The highest BCUT2D eigenvalue weighted by molar-refractivity contribution is 6.32. The predicted octanol–water partition coefficient (Wildman–Crippen LogP) is 14.5. The summed E-state index contributed by atoms with van der Waals surface area (Å²) < 4.78 is 16.4. The summed E-state index contributed by atoms with van der Waals surface area (Å²) in [5.41, 5.74) is 14.9. The number of carbonyl (C=O) groups is 3. The number of morpholine rings is 3. The molecule has 0 unspecified atom stereocenters. The molecule has 0 spiro atoms. The van der Waals surface area contributed by atoms with Crippen LogP contribution in [0.1, 0.15) is 59.7 Å². The zero-order chi connectivity index (χ0) is 63.3. The van der Waals surface area contributed by atoms with Gasteiger partial charge >= 0.3 is 0 Å². The number of aromatic nitrogens is 3. The summed E-state index contributed by atoms with van der Waals surface area (Å²) in [6.45, 7) is 31.5. The van der Waals surface area contributed by atoms with Gasteiger partial charge in [-0.2, -0.15) is 5.26 Å². The van der Waals surface area contributed by atoms with Crippen molar-refractivity contribution in [2.45, 2.75) is 59.7 Å². The van der Waals surface area contributed by atoms with E-state index in [4.69, 9.17) is 77.1 Å². The first-order valence-electron chi connectivity index (χ1n) is 29.8. The Morgan fingerprint density at radius 2 is 0.800 bits per heavy atom. The molecule has 3 aliphatic heterocycles. The van der Waals surface area contributed by atoms with Crippen molar-refractivity contribution in [2.24, 2.45) is 0 Å². The molecule has 0 radical (unpaired) electrons. The number of carbonyl (C=O) groups excluding carboxylic acids is 3. The number of nitrogens with zero attached hydrogens (tertiary/aromatic N) is 9. The van der Waals surface area contributed by atoms with Crippen LogP contribution in [0.25, 0.3) is 76.2 Å². The molecule has 12 rings (SSSR count). The maximum absolute atomic E-state index is 11.5. The Balaban J connectivity index is 0.000000149. The van der Waals surface area contributed by atoms with Crippen LogP contribution < -0.4 is 0 Å². The SMILES string of the molecule is CC(=O)Cc1ccc(-c2cc(CN3CCOCC3)c3ccc(Cl)cc3n2)cc1Cl.[C-]#[N+]c1ccc2c(CN3CCOCC3)cc(-c3ccc(CC(C)=O)c(C#N)c3)nc2c1.[C-]#[N+]c1ccc2c(CN3CCOCC3)cc(-c3ccc(CC(C)=O)c(Cl)c3)nc2c1. The topological polar surface area (TPSA) is 160 Å². The molecule has 3 aromatic heterocycles. The van der Waals surface area contributed by atoms with Crippen molar-refractivity contribution in [3.05, 3.63) is 204 Å². The lowest BCUT2D eigenvalue weighted by Crippen LogP contribution is -2.35. The van der Waals surface area contributed by atoms with Gasteiger partial charge in [0.2, 0.25) is 0 Å². The highest BCUT2D eigenvalue weighted by Crippen LogP contribution is 2.35. The molecular weight excluding hydrogens is 1190 g/mol. The molecule has 3 saturated heterocycles. The zero-order valence-electron chi connectivity index (χ0n) is 50.5. The zero-order valence-corrected chi connectivity index (χ0v) is 52.7. The molecule has 3 fully saturated rings. The van der Waals surface area contributed by atoms with Crippen molar-refractivity contribution in [3.63, 3.8) is 0 Å². The fourth-order valence-electron chi connectivity index (χ4n) is 11.3. The third-order valence-electron chi connectivity index (χ3n) is 15.9. The van der Waals surface area contributed by atoms with Gasteiger partial charge < -0.3 is 14.2 Å². The van der Waals surface area contributed by atoms with Crippen molar-refractivity contribution in [2.75, 3.05) is 78.9 Å². The molecule has 0 aliphatic carbocycles. The van der Waals surface area contributed by atoms with Crippen LogP contribution in [0.15, 0.2) is 127 Å². The van der Waals surface area contributed by atoms with Gasteiger partial charge in [0.25, 0.3) is 0 Å². The monoisotopic (exact) mass is 1260 g/mol.